The molecule has 0 saturated heterocycles. The maximum atomic E-state index is 12.1. The highest BCUT2D eigenvalue weighted by atomic mass is 16.5. The van der Waals surface area contributed by atoms with Crippen LogP contribution in [0.1, 0.15) is 57.8 Å². The van der Waals surface area contributed by atoms with E-state index in [0.717, 1.165) is 12.8 Å². The molecule has 0 aliphatic rings. The van der Waals surface area contributed by atoms with Crippen LogP contribution in [0, 0.1) is 0 Å². The zero-order chi connectivity index (χ0) is 13.9. The number of rotatable bonds is 5. The highest BCUT2D eigenvalue weighted by Crippen LogP contribution is 2.30. The second-order valence-corrected chi connectivity index (χ2v) is 4.77. The summed E-state index contributed by atoms with van der Waals surface area (Å²) in [5, 5.41) is 0. The fourth-order valence-electron chi connectivity index (χ4n) is 2.24. The molecule has 0 saturated carbocycles. The zero-order valence-electron chi connectivity index (χ0n) is 11.8. The van der Waals surface area contributed by atoms with E-state index in [-0.39, 0.29) is 11.5 Å². The molecule has 0 atom stereocenters. The Morgan fingerprint density at radius 1 is 1.39 bits per heavy atom. The number of aromatic amines is 1. The van der Waals surface area contributed by atoms with Gasteiger partial charge in [-0.2, -0.15) is 0 Å². The lowest BCUT2D eigenvalue weighted by molar-refractivity contribution is -0.0292. The standard InChI is InChI=1S/C13H23N3O2/c1-6-13(7-2,18-5)12-15-10(14)9(8(3)4)11(17)16-12/h8H,6-7H2,1-5H3,(H3,14,15,16,17). The minimum Gasteiger partial charge on any atom is -0.383 e. The van der Waals surface area contributed by atoms with E-state index in [0.29, 0.717) is 17.2 Å². The third kappa shape index (κ3) is 2.41. The van der Waals surface area contributed by atoms with Crippen LogP contribution in [0.4, 0.5) is 5.82 Å². The summed E-state index contributed by atoms with van der Waals surface area (Å²) in [7, 11) is 1.62. The number of hydrogen-bond donors (Lipinski definition) is 2. The van der Waals surface area contributed by atoms with Crippen LogP contribution in [-0.2, 0) is 10.3 Å². The number of nitrogens with two attached hydrogens (primary N) is 1. The molecule has 5 heteroatoms. The highest BCUT2D eigenvalue weighted by Gasteiger charge is 2.32. The largest absolute Gasteiger partial charge is 0.383 e. The van der Waals surface area contributed by atoms with Gasteiger partial charge in [0.1, 0.15) is 17.2 Å². The van der Waals surface area contributed by atoms with Crippen LogP contribution in [-0.4, -0.2) is 17.1 Å². The van der Waals surface area contributed by atoms with Gasteiger partial charge in [-0.25, -0.2) is 4.98 Å². The summed E-state index contributed by atoms with van der Waals surface area (Å²) >= 11 is 0. The number of nitrogen functional groups attached to an aromatic ring is 1. The van der Waals surface area contributed by atoms with Crippen LogP contribution < -0.4 is 11.3 Å². The molecule has 1 aromatic rings. The van der Waals surface area contributed by atoms with Gasteiger partial charge in [0.2, 0.25) is 0 Å². The molecule has 0 unspecified atom stereocenters. The average Bonchev–Trinajstić information content (AvgIpc) is 2.30. The number of H-pyrrole nitrogens is 1. The van der Waals surface area contributed by atoms with Crippen molar-refractivity contribution in [3.8, 4) is 0 Å². The molecule has 0 amide bonds. The van der Waals surface area contributed by atoms with Gasteiger partial charge in [-0.15, -0.1) is 0 Å². The van der Waals surface area contributed by atoms with Crippen LogP contribution in [0.2, 0.25) is 0 Å². The minimum absolute atomic E-state index is 0.0514. The smallest absolute Gasteiger partial charge is 0.256 e. The Hall–Kier alpha value is -1.36. The third-order valence-corrected chi connectivity index (χ3v) is 3.53. The van der Waals surface area contributed by atoms with Crippen molar-refractivity contribution in [3.63, 3.8) is 0 Å². The summed E-state index contributed by atoms with van der Waals surface area (Å²) in [5.41, 5.74) is 5.70. The molecule has 0 fully saturated rings. The van der Waals surface area contributed by atoms with E-state index in [1.807, 2.05) is 27.7 Å². The van der Waals surface area contributed by atoms with Crippen LogP contribution >= 0.6 is 0 Å². The van der Waals surface area contributed by atoms with Gasteiger partial charge in [0, 0.05) is 7.11 Å². The van der Waals surface area contributed by atoms with Crippen LogP contribution in [0.25, 0.3) is 0 Å². The van der Waals surface area contributed by atoms with Gasteiger partial charge in [-0.3, -0.25) is 4.79 Å². The molecule has 5 nitrogen and oxygen atoms in total. The van der Waals surface area contributed by atoms with Gasteiger partial charge in [0.25, 0.3) is 5.56 Å². The number of anilines is 1. The molecular weight excluding hydrogens is 230 g/mol. The summed E-state index contributed by atoms with van der Waals surface area (Å²) in [6.45, 7) is 7.84. The molecule has 0 aromatic carbocycles. The summed E-state index contributed by atoms with van der Waals surface area (Å²) in [5.74, 6) is 0.865. The Kier molecular flexibility index (Phi) is 4.51. The van der Waals surface area contributed by atoms with Crippen molar-refractivity contribution in [2.75, 3.05) is 12.8 Å². The average molecular weight is 253 g/mol. The number of ether oxygens (including phenoxy) is 1. The van der Waals surface area contributed by atoms with Crippen molar-refractivity contribution < 1.29 is 4.74 Å². The molecule has 1 aromatic heterocycles. The molecule has 0 spiro atoms. The Balaban J connectivity index is 3.42. The maximum Gasteiger partial charge on any atom is 0.256 e. The first-order chi connectivity index (χ1) is 8.41. The first kappa shape index (κ1) is 14.7. The molecule has 0 radical (unpaired) electrons. The lowest BCUT2D eigenvalue weighted by atomic mass is 9.95. The molecule has 1 rings (SSSR count). The van der Waals surface area contributed by atoms with Crippen molar-refractivity contribution >= 4 is 5.82 Å². The van der Waals surface area contributed by atoms with Crippen molar-refractivity contribution in [2.24, 2.45) is 0 Å². The third-order valence-electron chi connectivity index (χ3n) is 3.53. The van der Waals surface area contributed by atoms with Gasteiger partial charge in [0.05, 0.1) is 5.56 Å². The number of nitrogens with zero attached hydrogens (tertiary/aromatic N) is 1. The van der Waals surface area contributed by atoms with Crippen molar-refractivity contribution in [1.82, 2.24) is 9.97 Å². The normalized spacial score (nSPS) is 12.1. The van der Waals surface area contributed by atoms with Gasteiger partial charge in [-0.05, 0) is 18.8 Å². The SMILES string of the molecule is CCC(CC)(OC)c1nc(N)c(C(C)C)c(=O)[nH]1. The molecule has 102 valence electrons. The Morgan fingerprint density at radius 2 is 1.94 bits per heavy atom. The van der Waals surface area contributed by atoms with E-state index < -0.39 is 5.60 Å². The number of hydrogen-bond acceptors (Lipinski definition) is 4. The van der Waals surface area contributed by atoms with E-state index in [4.69, 9.17) is 10.5 Å². The van der Waals surface area contributed by atoms with Crippen LogP contribution in [0.15, 0.2) is 4.79 Å². The van der Waals surface area contributed by atoms with Gasteiger partial charge in [0.15, 0.2) is 0 Å². The van der Waals surface area contributed by atoms with Gasteiger partial charge >= 0.3 is 0 Å². The first-order valence-corrected chi connectivity index (χ1v) is 6.37. The van der Waals surface area contributed by atoms with Crippen molar-refractivity contribution in [1.29, 1.82) is 0 Å². The van der Waals surface area contributed by atoms with E-state index >= 15 is 0 Å². The fourth-order valence-corrected chi connectivity index (χ4v) is 2.24. The topological polar surface area (TPSA) is 81.0 Å². The molecule has 0 aliphatic heterocycles. The Labute approximate surface area is 108 Å². The number of methoxy groups -OCH3 is 1. The predicted molar refractivity (Wildman–Crippen MR) is 72.6 cm³/mol. The Bertz CT molecular complexity index is 454. The second kappa shape index (κ2) is 5.52. The zero-order valence-corrected chi connectivity index (χ0v) is 11.8. The molecule has 1 heterocycles. The number of aromatic nitrogens is 2. The lowest BCUT2D eigenvalue weighted by Crippen LogP contribution is -2.33. The lowest BCUT2D eigenvalue weighted by Gasteiger charge is -2.29. The molecule has 18 heavy (non-hydrogen) atoms. The monoisotopic (exact) mass is 253 g/mol. The van der Waals surface area contributed by atoms with Gasteiger partial charge in [-0.1, -0.05) is 27.7 Å². The van der Waals surface area contributed by atoms with Crippen molar-refractivity contribution in [3.05, 3.63) is 21.7 Å². The number of nitrogens with one attached hydrogen (secondary N) is 1. The van der Waals surface area contributed by atoms with Gasteiger partial charge < -0.3 is 15.5 Å². The quantitative estimate of drug-likeness (QED) is 0.842. The van der Waals surface area contributed by atoms with E-state index in [1.54, 1.807) is 7.11 Å². The molecule has 0 bridgehead atoms. The minimum atomic E-state index is -0.567. The van der Waals surface area contributed by atoms with Crippen LogP contribution in [0.5, 0.6) is 0 Å². The van der Waals surface area contributed by atoms with Crippen LogP contribution in [0.3, 0.4) is 0 Å². The fraction of sp³-hybridized carbons (Fsp3) is 0.692. The summed E-state index contributed by atoms with van der Waals surface area (Å²) in [6, 6.07) is 0. The Morgan fingerprint density at radius 3 is 2.28 bits per heavy atom. The predicted octanol–water partition coefficient (Wildman–Crippen LogP) is 2.14. The maximum absolute atomic E-state index is 12.1. The molecule has 3 N–H and O–H groups in total. The second-order valence-electron chi connectivity index (χ2n) is 4.77. The first-order valence-electron chi connectivity index (χ1n) is 6.37. The molecule has 0 aliphatic carbocycles. The van der Waals surface area contributed by atoms with E-state index in [1.165, 1.54) is 0 Å². The molecular formula is C13H23N3O2. The summed E-state index contributed by atoms with van der Waals surface area (Å²) in [4.78, 5) is 19.2. The highest BCUT2D eigenvalue weighted by molar-refractivity contribution is 5.40. The summed E-state index contributed by atoms with van der Waals surface area (Å²) in [6.07, 6.45) is 1.45. The van der Waals surface area contributed by atoms with E-state index in [2.05, 4.69) is 9.97 Å². The van der Waals surface area contributed by atoms with Crippen molar-refractivity contribution in [2.45, 2.75) is 52.1 Å². The van der Waals surface area contributed by atoms with E-state index in [9.17, 15) is 4.79 Å². The summed E-state index contributed by atoms with van der Waals surface area (Å²) < 4.78 is 5.54.